The largest absolute Gasteiger partial charge is 0.309 e. The van der Waals surface area contributed by atoms with E-state index in [9.17, 15) is 0 Å². The number of hydrogen-bond acceptors (Lipinski definition) is 4. The Labute approximate surface area is 318 Å². The molecule has 0 radical (unpaired) electrons. The van der Waals surface area contributed by atoms with Crippen molar-refractivity contribution in [3.05, 3.63) is 169 Å². The summed E-state index contributed by atoms with van der Waals surface area (Å²) in [5.74, 6) is 2.00. The number of aromatic nitrogens is 4. The van der Waals surface area contributed by atoms with Crippen LogP contribution in [0.5, 0.6) is 0 Å². The van der Waals surface area contributed by atoms with Crippen LogP contribution in [0, 0.1) is 0 Å². The maximum atomic E-state index is 5.01. The highest BCUT2D eigenvalue weighted by Crippen LogP contribution is 2.48. The summed E-state index contributed by atoms with van der Waals surface area (Å²) in [6.45, 7) is 4.70. The molecule has 4 nitrogen and oxygen atoms in total. The van der Waals surface area contributed by atoms with Crippen molar-refractivity contribution < 1.29 is 0 Å². The normalized spacial score (nSPS) is 13.0. The molecular formula is C49H36N4S. The average Bonchev–Trinajstić information content (AvgIpc) is 3.75. The van der Waals surface area contributed by atoms with E-state index in [0.717, 1.165) is 16.7 Å². The van der Waals surface area contributed by atoms with Gasteiger partial charge in [-0.1, -0.05) is 130 Å². The Kier molecular flexibility index (Phi) is 7.20. The van der Waals surface area contributed by atoms with E-state index >= 15 is 0 Å². The fraction of sp³-hybridized carbons (Fsp3) is 0.0816. The molecule has 1 aliphatic heterocycles. The Morgan fingerprint density at radius 2 is 0.963 bits per heavy atom. The van der Waals surface area contributed by atoms with E-state index in [1.54, 1.807) is 0 Å². The fourth-order valence-electron chi connectivity index (χ4n) is 8.38. The van der Waals surface area contributed by atoms with Crippen molar-refractivity contribution in [1.29, 1.82) is 0 Å². The van der Waals surface area contributed by atoms with Gasteiger partial charge in [-0.2, -0.15) is 0 Å². The summed E-state index contributed by atoms with van der Waals surface area (Å²) in [6, 6.07) is 56.5. The summed E-state index contributed by atoms with van der Waals surface area (Å²) in [7, 11) is 0. The lowest BCUT2D eigenvalue weighted by Crippen LogP contribution is -2.26. The van der Waals surface area contributed by atoms with Gasteiger partial charge >= 0.3 is 0 Å². The van der Waals surface area contributed by atoms with Crippen LogP contribution in [0.15, 0.2) is 158 Å². The molecule has 258 valence electrons. The molecule has 0 aliphatic carbocycles. The SMILES string of the molecule is C.CC1(C)c2ccccc2-n2c3ccc(-c4ccc5sc6ccc(-c7nc(-c8ccccc8)nc(-c8ccccc8)n7)cc6c5c4)cc3c3cccc1c32. The minimum Gasteiger partial charge on any atom is -0.309 e. The zero-order chi connectivity index (χ0) is 35.3. The molecule has 0 saturated heterocycles. The van der Waals surface area contributed by atoms with E-state index in [0.29, 0.717) is 17.5 Å². The van der Waals surface area contributed by atoms with Crippen molar-refractivity contribution in [2.45, 2.75) is 26.7 Å². The Balaban J connectivity index is 0.00000361. The lowest BCUT2D eigenvalue weighted by atomic mass is 9.75. The second-order valence-corrected chi connectivity index (χ2v) is 15.6. The third-order valence-corrected chi connectivity index (χ3v) is 12.2. The number of rotatable bonds is 4. The molecule has 54 heavy (non-hydrogen) atoms. The number of para-hydroxylation sites is 2. The van der Waals surface area contributed by atoms with Crippen molar-refractivity contribution in [2.75, 3.05) is 0 Å². The molecular weight excluding hydrogens is 677 g/mol. The Bertz CT molecular complexity index is 3020. The second-order valence-electron chi connectivity index (χ2n) is 14.5. The van der Waals surface area contributed by atoms with Gasteiger partial charge in [0.05, 0.1) is 16.7 Å². The molecule has 7 aromatic carbocycles. The van der Waals surface area contributed by atoms with Crippen LogP contribution in [-0.2, 0) is 5.41 Å². The van der Waals surface area contributed by atoms with Gasteiger partial charge in [-0.3, -0.25) is 0 Å². The molecule has 10 aromatic rings. The summed E-state index contributed by atoms with van der Waals surface area (Å²) in [5, 5.41) is 5.03. The summed E-state index contributed by atoms with van der Waals surface area (Å²) in [5.41, 5.74) is 11.8. The van der Waals surface area contributed by atoms with Crippen LogP contribution in [-0.4, -0.2) is 19.5 Å². The second kappa shape index (κ2) is 12.1. The van der Waals surface area contributed by atoms with Crippen LogP contribution in [0.25, 0.3) is 93.0 Å². The van der Waals surface area contributed by atoms with Crippen LogP contribution in [0.2, 0.25) is 0 Å². The third-order valence-electron chi connectivity index (χ3n) is 11.0. The van der Waals surface area contributed by atoms with Gasteiger partial charge in [-0.25, -0.2) is 15.0 Å². The van der Waals surface area contributed by atoms with E-state index in [1.165, 1.54) is 69.9 Å². The molecule has 4 heterocycles. The van der Waals surface area contributed by atoms with E-state index in [4.69, 9.17) is 15.0 Å². The fourth-order valence-corrected chi connectivity index (χ4v) is 9.45. The molecule has 0 saturated carbocycles. The maximum absolute atomic E-state index is 5.01. The molecule has 1 aliphatic rings. The highest BCUT2D eigenvalue weighted by atomic mass is 32.1. The van der Waals surface area contributed by atoms with Gasteiger partial charge in [0.15, 0.2) is 17.5 Å². The zero-order valence-corrected chi connectivity index (χ0v) is 30.0. The van der Waals surface area contributed by atoms with Crippen molar-refractivity contribution in [3.63, 3.8) is 0 Å². The van der Waals surface area contributed by atoms with Gasteiger partial charge in [-0.05, 0) is 70.8 Å². The predicted octanol–water partition coefficient (Wildman–Crippen LogP) is 13.3. The van der Waals surface area contributed by atoms with Crippen molar-refractivity contribution in [2.24, 2.45) is 0 Å². The Morgan fingerprint density at radius 1 is 0.444 bits per heavy atom. The summed E-state index contributed by atoms with van der Waals surface area (Å²) < 4.78 is 4.99. The zero-order valence-electron chi connectivity index (χ0n) is 29.2. The van der Waals surface area contributed by atoms with Crippen LogP contribution in [0.3, 0.4) is 0 Å². The Hall–Kier alpha value is -6.43. The van der Waals surface area contributed by atoms with Gasteiger partial charge in [0.1, 0.15) is 0 Å². The molecule has 0 N–H and O–H groups in total. The number of fused-ring (bicyclic) bond motifs is 8. The van der Waals surface area contributed by atoms with E-state index in [-0.39, 0.29) is 12.8 Å². The first-order valence-electron chi connectivity index (χ1n) is 18.0. The molecule has 0 amide bonds. The number of thiophene rings is 1. The van der Waals surface area contributed by atoms with E-state index < -0.39 is 0 Å². The number of nitrogens with zero attached hydrogens (tertiary/aromatic N) is 4. The first kappa shape index (κ1) is 32.2. The monoisotopic (exact) mass is 712 g/mol. The average molecular weight is 713 g/mol. The molecule has 0 spiro atoms. The van der Waals surface area contributed by atoms with Crippen LogP contribution < -0.4 is 0 Å². The highest BCUT2D eigenvalue weighted by Gasteiger charge is 2.34. The van der Waals surface area contributed by atoms with Crippen molar-refractivity contribution in [3.8, 4) is 51.0 Å². The van der Waals surface area contributed by atoms with E-state index in [1.807, 2.05) is 72.0 Å². The lowest BCUT2D eigenvalue weighted by Gasteiger charge is -2.34. The van der Waals surface area contributed by atoms with Crippen molar-refractivity contribution >= 4 is 53.3 Å². The van der Waals surface area contributed by atoms with Crippen LogP contribution in [0.4, 0.5) is 0 Å². The molecule has 3 aromatic heterocycles. The van der Waals surface area contributed by atoms with Gasteiger partial charge in [0, 0.05) is 53.1 Å². The summed E-state index contributed by atoms with van der Waals surface area (Å²) in [4.78, 5) is 14.9. The topological polar surface area (TPSA) is 43.6 Å². The van der Waals surface area contributed by atoms with Crippen LogP contribution in [0.1, 0.15) is 32.4 Å². The lowest BCUT2D eigenvalue weighted by molar-refractivity contribution is 0.630. The standard InChI is InChI=1S/C48H32N4S.CH4/c1-48(2)38-17-9-10-19-41(38)52-40-23-20-31(26-35(40)34-16-11-18-39(48)44(34)52)32-21-24-42-36(27-32)37-28-33(22-25-43(37)53-42)47-50-45(29-12-5-3-6-13-29)49-46(51-47)30-14-7-4-8-15-30;/h3-28H,1-2H3;1H4. The van der Waals surface area contributed by atoms with Crippen molar-refractivity contribution in [1.82, 2.24) is 19.5 Å². The quantitative estimate of drug-likeness (QED) is 0.182. The molecule has 0 fully saturated rings. The predicted molar refractivity (Wildman–Crippen MR) is 228 cm³/mol. The Morgan fingerprint density at radius 3 is 1.63 bits per heavy atom. The molecule has 0 atom stereocenters. The van der Waals surface area contributed by atoms with Crippen LogP contribution >= 0.6 is 11.3 Å². The minimum atomic E-state index is -0.0826. The van der Waals surface area contributed by atoms with Gasteiger partial charge in [0.2, 0.25) is 0 Å². The number of hydrogen-bond donors (Lipinski definition) is 0. The highest BCUT2D eigenvalue weighted by molar-refractivity contribution is 7.25. The smallest absolute Gasteiger partial charge is 0.164 e. The summed E-state index contributed by atoms with van der Waals surface area (Å²) in [6.07, 6.45) is 0. The first-order chi connectivity index (χ1) is 26.0. The van der Waals surface area contributed by atoms with E-state index in [2.05, 4.69) is 115 Å². The molecule has 11 rings (SSSR count). The molecule has 0 unspecified atom stereocenters. The molecule has 0 bridgehead atoms. The minimum absolute atomic E-state index is 0. The third kappa shape index (κ3) is 4.78. The first-order valence-corrected chi connectivity index (χ1v) is 18.8. The maximum Gasteiger partial charge on any atom is 0.164 e. The van der Waals surface area contributed by atoms with Gasteiger partial charge < -0.3 is 4.57 Å². The summed E-state index contributed by atoms with van der Waals surface area (Å²) >= 11 is 1.83. The number of benzene rings is 7. The van der Waals surface area contributed by atoms with Gasteiger partial charge in [0.25, 0.3) is 0 Å². The molecule has 5 heteroatoms. The van der Waals surface area contributed by atoms with Gasteiger partial charge in [-0.15, -0.1) is 11.3 Å².